The maximum Gasteiger partial charge on any atom is 0.0433 e. The van der Waals surface area contributed by atoms with Crippen LogP contribution in [0.25, 0.3) is 0 Å². The lowest BCUT2D eigenvalue weighted by Gasteiger charge is -2.49. The van der Waals surface area contributed by atoms with Crippen molar-refractivity contribution in [2.45, 2.75) is 108 Å². The summed E-state index contributed by atoms with van der Waals surface area (Å²) in [6, 6.07) is 0. The molecule has 0 heterocycles. The Hall–Kier alpha value is 0.430. The predicted molar refractivity (Wildman–Crippen MR) is 97.5 cm³/mol. The van der Waals surface area contributed by atoms with Crippen LogP contribution >= 0.6 is 7.26 Å². The fourth-order valence-corrected chi connectivity index (χ4v) is 10.9. The summed E-state index contributed by atoms with van der Waals surface area (Å²) in [7, 11) is -0.939. The van der Waals surface area contributed by atoms with Crippen molar-refractivity contribution in [2.24, 2.45) is 5.92 Å². The summed E-state index contributed by atoms with van der Waals surface area (Å²) in [6.45, 7) is 5.12. The van der Waals surface area contributed by atoms with Crippen molar-refractivity contribution in [2.75, 3.05) is 6.16 Å². The van der Waals surface area contributed by atoms with Gasteiger partial charge in [0.15, 0.2) is 0 Å². The average Bonchev–Trinajstić information content (AvgIpc) is 2.57. The van der Waals surface area contributed by atoms with Crippen molar-refractivity contribution in [1.29, 1.82) is 0 Å². The Kier molecular flexibility index (Phi) is 6.06. The molecule has 0 N–H and O–H groups in total. The minimum absolute atomic E-state index is 0.939. The van der Waals surface area contributed by atoms with Gasteiger partial charge in [-0.3, -0.25) is 0 Å². The van der Waals surface area contributed by atoms with Gasteiger partial charge >= 0.3 is 0 Å². The molecule has 0 radical (unpaired) electrons. The SMILES string of the molecule is [CH2-][P+](CC1CCCCC1)(C1CCCCC1)C1CCCCC1. The minimum Gasteiger partial charge on any atom is -0.179 e. The van der Waals surface area contributed by atoms with Crippen LogP contribution in [0.5, 0.6) is 0 Å². The van der Waals surface area contributed by atoms with Crippen LogP contribution in [-0.2, 0) is 0 Å². The maximum atomic E-state index is 5.12. The number of hydrogen-bond donors (Lipinski definition) is 0. The molecule has 0 atom stereocenters. The molecule has 0 amide bonds. The van der Waals surface area contributed by atoms with Gasteiger partial charge in [0.25, 0.3) is 0 Å². The predicted octanol–water partition coefficient (Wildman–Crippen LogP) is 7.04. The molecule has 0 saturated heterocycles. The van der Waals surface area contributed by atoms with E-state index in [2.05, 4.69) is 0 Å². The first-order chi connectivity index (χ1) is 10.3. The molecular formula is C20H37P. The fraction of sp³-hybridized carbons (Fsp3) is 0.950. The van der Waals surface area contributed by atoms with Gasteiger partial charge in [-0.1, -0.05) is 32.1 Å². The van der Waals surface area contributed by atoms with E-state index in [1.165, 1.54) is 70.6 Å². The molecule has 0 nitrogen and oxygen atoms in total. The van der Waals surface area contributed by atoms with E-state index in [1.807, 2.05) is 0 Å². The third-order valence-corrected chi connectivity index (χ3v) is 12.1. The summed E-state index contributed by atoms with van der Waals surface area (Å²) < 4.78 is 0. The first-order valence-electron chi connectivity index (χ1n) is 10.0. The zero-order chi connectivity index (χ0) is 14.5. The van der Waals surface area contributed by atoms with Gasteiger partial charge in [0.05, 0.1) is 0 Å². The fourth-order valence-electron chi connectivity index (χ4n) is 5.64. The van der Waals surface area contributed by atoms with E-state index >= 15 is 0 Å². The molecular weight excluding hydrogens is 271 g/mol. The molecule has 0 aromatic carbocycles. The zero-order valence-electron chi connectivity index (χ0n) is 14.2. The molecule has 1 heteroatoms. The van der Waals surface area contributed by atoms with Crippen LogP contribution in [0.2, 0.25) is 0 Å². The lowest BCUT2D eigenvalue weighted by Crippen LogP contribution is -2.31. The summed E-state index contributed by atoms with van der Waals surface area (Å²) >= 11 is 0. The Morgan fingerprint density at radius 2 is 0.952 bits per heavy atom. The van der Waals surface area contributed by atoms with Gasteiger partial charge < -0.3 is 0 Å². The second-order valence-corrected chi connectivity index (χ2v) is 12.4. The van der Waals surface area contributed by atoms with Crippen LogP contribution in [0, 0.1) is 12.6 Å². The molecule has 0 aliphatic heterocycles. The molecule has 3 saturated carbocycles. The Labute approximate surface area is 134 Å². The monoisotopic (exact) mass is 308 g/mol. The Morgan fingerprint density at radius 1 is 0.571 bits per heavy atom. The van der Waals surface area contributed by atoms with Crippen molar-refractivity contribution in [3.8, 4) is 0 Å². The maximum absolute atomic E-state index is 5.12. The number of hydrogen-bond acceptors (Lipinski definition) is 0. The second kappa shape index (κ2) is 7.81. The lowest BCUT2D eigenvalue weighted by atomic mass is 9.91. The van der Waals surface area contributed by atoms with E-state index in [4.69, 9.17) is 6.66 Å². The summed E-state index contributed by atoms with van der Waals surface area (Å²) in [5.74, 6) is 1.06. The van der Waals surface area contributed by atoms with E-state index in [9.17, 15) is 0 Å². The Bertz CT molecular complexity index is 275. The standard InChI is InChI=1S/C20H37P/c1-21(19-13-7-3-8-14-19,20-15-9-4-10-16-20)17-18-11-5-2-6-12-18/h18-20H,1-17H2. The molecule has 0 aromatic heterocycles. The molecule has 0 aromatic rings. The van der Waals surface area contributed by atoms with E-state index in [0.717, 1.165) is 17.2 Å². The quantitative estimate of drug-likeness (QED) is 0.386. The van der Waals surface area contributed by atoms with Crippen LogP contribution in [0.1, 0.15) is 96.3 Å². The van der Waals surface area contributed by atoms with Gasteiger partial charge in [-0.25, -0.2) is 0 Å². The molecule has 0 spiro atoms. The van der Waals surface area contributed by atoms with Crippen molar-refractivity contribution in [1.82, 2.24) is 0 Å². The minimum atomic E-state index is -0.939. The van der Waals surface area contributed by atoms with E-state index < -0.39 is 7.26 Å². The highest BCUT2D eigenvalue weighted by Crippen LogP contribution is 2.72. The zero-order valence-corrected chi connectivity index (χ0v) is 15.1. The summed E-state index contributed by atoms with van der Waals surface area (Å²) in [5.41, 5.74) is 2.13. The largest absolute Gasteiger partial charge is 0.179 e. The lowest BCUT2D eigenvalue weighted by molar-refractivity contribution is 0.384. The molecule has 3 aliphatic rings. The van der Waals surface area contributed by atoms with Crippen molar-refractivity contribution in [3.05, 3.63) is 6.66 Å². The van der Waals surface area contributed by atoms with Crippen LogP contribution < -0.4 is 0 Å². The molecule has 0 bridgehead atoms. The summed E-state index contributed by atoms with van der Waals surface area (Å²) in [6.07, 6.45) is 24.4. The van der Waals surface area contributed by atoms with E-state index in [-0.39, 0.29) is 0 Å². The topological polar surface area (TPSA) is 0 Å². The van der Waals surface area contributed by atoms with E-state index in [1.54, 1.807) is 31.8 Å². The first-order valence-corrected chi connectivity index (χ1v) is 12.3. The van der Waals surface area contributed by atoms with Crippen LogP contribution in [-0.4, -0.2) is 17.5 Å². The van der Waals surface area contributed by atoms with Crippen molar-refractivity contribution >= 4 is 7.26 Å². The highest BCUT2D eigenvalue weighted by molar-refractivity contribution is 7.78. The molecule has 0 unspecified atom stereocenters. The van der Waals surface area contributed by atoms with E-state index in [0.29, 0.717) is 0 Å². The van der Waals surface area contributed by atoms with Crippen molar-refractivity contribution in [3.63, 3.8) is 0 Å². The first kappa shape index (κ1) is 16.3. The average molecular weight is 308 g/mol. The molecule has 3 rings (SSSR count). The Morgan fingerprint density at radius 3 is 1.38 bits per heavy atom. The molecule has 3 fully saturated rings. The Balaban J connectivity index is 1.71. The van der Waals surface area contributed by atoms with Gasteiger partial charge in [-0.2, -0.15) is 6.66 Å². The molecule has 122 valence electrons. The van der Waals surface area contributed by atoms with Gasteiger partial charge in [-0.15, -0.1) is 7.26 Å². The van der Waals surface area contributed by atoms with Crippen molar-refractivity contribution < 1.29 is 0 Å². The van der Waals surface area contributed by atoms with Gasteiger partial charge in [-0.05, 0) is 70.1 Å². The third-order valence-electron chi connectivity index (χ3n) is 6.93. The van der Waals surface area contributed by atoms with Crippen LogP contribution in [0.3, 0.4) is 0 Å². The normalized spacial score (nSPS) is 27.9. The highest BCUT2D eigenvalue weighted by atomic mass is 31.2. The van der Waals surface area contributed by atoms with Gasteiger partial charge in [0.2, 0.25) is 0 Å². The third kappa shape index (κ3) is 4.04. The summed E-state index contributed by atoms with van der Waals surface area (Å²) in [5, 5.41) is 0. The number of rotatable bonds is 4. The highest BCUT2D eigenvalue weighted by Gasteiger charge is 2.43. The summed E-state index contributed by atoms with van der Waals surface area (Å²) in [4.78, 5) is 0. The van der Waals surface area contributed by atoms with Gasteiger partial charge in [0, 0.05) is 17.5 Å². The molecule has 3 aliphatic carbocycles. The van der Waals surface area contributed by atoms with Crippen LogP contribution in [0.15, 0.2) is 0 Å². The molecule has 21 heavy (non-hydrogen) atoms. The second-order valence-electron chi connectivity index (χ2n) is 8.37. The smallest absolute Gasteiger partial charge is 0.0433 e. The van der Waals surface area contributed by atoms with Crippen LogP contribution in [0.4, 0.5) is 0 Å². The van der Waals surface area contributed by atoms with Gasteiger partial charge in [0.1, 0.15) is 0 Å².